The van der Waals surface area contributed by atoms with E-state index in [1.807, 2.05) is 27.8 Å². The van der Waals surface area contributed by atoms with Crippen LogP contribution in [-0.4, -0.2) is 67.9 Å². The standard InChI is InChI=1S/C13H26N2O3/c1-13(2,3)17-9-10-7-11(8-15(10)6)18-12(16)14(4)5/h10-11H,7-9H2,1-6H3/t10-,11+/m0/s1. The van der Waals surface area contributed by atoms with Gasteiger partial charge in [0.15, 0.2) is 0 Å². The summed E-state index contributed by atoms with van der Waals surface area (Å²) in [5.74, 6) is 0. The number of nitrogens with zero attached hydrogens (tertiary/aromatic N) is 2. The first-order valence-electron chi connectivity index (χ1n) is 6.41. The number of rotatable bonds is 3. The molecule has 0 spiro atoms. The summed E-state index contributed by atoms with van der Waals surface area (Å²) in [6.45, 7) is 7.59. The molecule has 1 saturated heterocycles. The molecule has 0 aromatic heterocycles. The quantitative estimate of drug-likeness (QED) is 0.770. The molecular formula is C13H26N2O3. The first kappa shape index (κ1) is 15.2. The van der Waals surface area contributed by atoms with Crippen LogP contribution in [-0.2, 0) is 9.47 Å². The summed E-state index contributed by atoms with van der Waals surface area (Å²) >= 11 is 0. The summed E-state index contributed by atoms with van der Waals surface area (Å²) in [5.41, 5.74) is -0.126. The van der Waals surface area contributed by atoms with E-state index in [-0.39, 0.29) is 17.8 Å². The average Bonchev–Trinajstić information content (AvgIpc) is 2.54. The maximum Gasteiger partial charge on any atom is 0.409 e. The monoisotopic (exact) mass is 258 g/mol. The van der Waals surface area contributed by atoms with E-state index in [2.05, 4.69) is 4.90 Å². The lowest BCUT2D eigenvalue weighted by molar-refractivity contribution is -0.0255. The van der Waals surface area contributed by atoms with Crippen molar-refractivity contribution in [3.8, 4) is 0 Å². The summed E-state index contributed by atoms with van der Waals surface area (Å²) < 4.78 is 11.2. The Kier molecular flexibility index (Phi) is 4.99. The molecule has 0 unspecified atom stereocenters. The normalized spacial score (nSPS) is 25.2. The highest BCUT2D eigenvalue weighted by atomic mass is 16.6. The van der Waals surface area contributed by atoms with Crippen molar-refractivity contribution in [1.29, 1.82) is 0 Å². The Morgan fingerprint density at radius 1 is 1.39 bits per heavy atom. The first-order chi connectivity index (χ1) is 8.19. The summed E-state index contributed by atoms with van der Waals surface area (Å²) in [6.07, 6.45) is 0.538. The van der Waals surface area contributed by atoms with E-state index in [0.29, 0.717) is 12.6 Å². The van der Waals surface area contributed by atoms with Crippen LogP contribution in [0.15, 0.2) is 0 Å². The summed E-state index contributed by atoms with van der Waals surface area (Å²) in [5, 5.41) is 0. The van der Waals surface area contributed by atoms with Crippen molar-refractivity contribution >= 4 is 6.09 Å². The van der Waals surface area contributed by atoms with E-state index in [1.54, 1.807) is 14.1 Å². The molecule has 0 aromatic carbocycles. The van der Waals surface area contributed by atoms with E-state index >= 15 is 0 Å². The van der Waals surface area contributed by atoms with Gasteiger partial charge >= 0.3 is 6.09 Å². The Hall–Kier alpha value is -0.810. The van der Waals surface area contributed by atoms with Gasteiger partial charge in [-0.05, 0) is 27.8 Å². The van der Waals surface area contributed by atoms with Crippen LogP contribution in [0, 0.1) is 0 Å². The van der Waals surface area contributed by atoms with Crippen molar-refractivity contribution in [1.82, 2.24) is 9.80 Å². The molecule has 1 amide bonds. The predicted molar refractivity (Wildman–Crippen MR) is 70.7 cm³/mol. The fraction of sp³-hybridized carbons (Fsp3) is 0.923. The maximum absolute atomic E-state index is 11.5. The minimum absolute atomic E-state index is 0.0292. The SMILES string of the molecule is CN(C)C(=O)O[C@@H]1C[C@@H](COC(C)(C)C)N(C)C1. The van der Waals surface area contributed by atoms with Crippen molar-refractivity contribution in [3.63, 3.8) is 0 Å². The molecule has 5 heteroatoms. The van der Waals surface area contributed by atoms with E-state index in [9.17, 15) is 4.79 Å². The lowest BCUT2D eigenvalue weighted by atomic mass is 10.1. The average molecular weight is 258 g/mol. The third kappa shape index (κ3) is 4.82. The summed E-state index contributed by atoms with van der Waals surface area (Å²) in [6, 6.07) is 0.323. The predicted octanol–water partition coefficient (Wildman–Crippen LogP) is 1.57. The minimum Gasteiger partial charge on any atom is -0.445 e. The van der Waals surface area contributed by atoms with Crippen LogP contribution < -0.4 is 0 Å². The van der Waals surface area contributed by atoms with Gasteiger partial charge in [0.05, 0.1) is 12.2 Å². The number of ether oxygens (including phenoxy) is 2. The molecule has 1 fully saturated rings. The Morgan fingerprint density at radius 2 is 2.00 bits per heavy atom. The lowest BCUT2D eigenvalue weighted by Crippen LogP contribution is -2.33. The molecule has 106 valence electrons. The van der Waals surface area contributed by atoms with Gasteiger partial charge in [-0.15, -0.1) is 0 Å². The van der Waals surface area contributed by atoms with Gasteiger partial charge in [0, 0.05) is 33.1 Å². The van der Waals surface area contributed by atoms with E-state index in [1.165, 1.54) is 4.90 Å². The lowest BCUT2D eigenvalue weighted by Gasteiger charge is -2.25. The highest BCUT2D eigenvalue weighted by Crippen LogP contribution is 2.21. The van der Waals surface area contributed by atoms with Gasteiger partial charge in [-0.25, -0.2) is 4.79 Å². The second-order valence-corrected chi connectivity index (χ2v) is 6.15. The minimum atomic E-state index is -0.272. The van der Waals surface area contributed by atoms with Crippen LogP contribution in [0.1, 0.15) is 27.2 Å². The highest BCUT2D eigenvalue weighted by Gasteiger charge is 2.33. The Labute approximate surface area is 110 Å². The molecule has 1 heterocycles. The summed E-state index contributed by atoms with van der Waals surface area (Å²) in [4.78, 5) is 15.1. The second kappa shape index (κ2) is 5.89. The molecule has 0 bridgehead atoms. The topological polar surface area (TPSA) is 42.0 Å². The van der Waals surface area contributed by atoms with Gasteiger partial charge in [0.25, 0.3) is 0 Å². The summed E-state index contributed by atoms with van der Waals surface area (Å²) in [7, 11) is 5.43. The fourth-order valence-corrected chi connectivity index (χ4v) is 1.90. The van der Waals surface area contributed by atoms with Gasteiger partial charge < -0.3 is 14.4 Å². The number of hydrogen-bond donors (Lipinski definition) is 0. The molecule has 5 nitrogen and oxygen atoms in total. The Morgan fingerprint density at radius 3 is 2.50 bits per heavy atom. The fourth-order valence-electron chi connectivity index (χ4n) is 1.90. The Bertz CT molecular complexity index is 286. The largest absolute Gasteiger partial charge is 0.445 e. The van der Waals surface area contributed by atoms with Crippen LogP contribution in [0.4, 0.5) is 4.79 Å². The van der Waals surface area contributed by atoms with E-state index in [0.717, 1.165) is 13.0 Å². The number of carbonyl (C=O) groups excluding carboxylic acids is 1. The molecule has 2 atom stereocenters. The molecule has 1 aliphatic heterocycles. The van der Waals surface area contributed by atoms with Gasteiger partial charge in [-0.2, -0.15) is 0 Å². The molecule has 0 aromatic rings. The van der Waals surface area contributed by atoms with E-state index < -0.39 is 0 Å². The zero-order chi connectivity index (χ0) is 13.9. The Balaban J connectivity index is 2.39. The smallest absolute Gasteiger partial charge is 0.409 e. The molecule has 0 N–H and O–H groups in total. The zero-order valence-electron chi connectivity index (χ0n) is 12.4. The van der Waals surface area contributed by atoms with Crippen molar-refractivity contribution < 1.29 is 14.3 Å². The molecule has 0 saturated carbocycles. The van der Waals surface area contributed by atoms with Gasteiger partial charge in [0.1, 0.15) is 6.10 Å². The number of carbonyl (C=O) groups is 1. The van der Waals surface area contributed by atoms with Crippen LogP contribution in [0.5, 0.6) is 0 Å². The molecule has 0 aliphatic carbocycles. The highest BCUT2D eigenvalue weighted by molar-refractivity contribution is 5.67. The first-order valence-corrected chi connectivity index (χ1v) is 6.41. The van der Waals surface area contributed by atoms with Crippen LogP contribution in [0.25, 0.3) is 0 Å². The van der Waals surface area contributed by atoms with Crippen molar-refractivity contribution in [2.24, 2.45) is 0 Å². The van der Waals surface area contributed by atoms with Crippen molar-refractivity contribution in [2.75, 3.05) is 34.3 Å². The molecule has 1 rings (SSSR count). The van der Waals surface area contributed by atoms with Crippen LogP contribution in [0.2, 0.25) is 0 Å². The molecule has 18 heavy (non-hydrogen) atoms. The number of likely N-dealkylation sites (tertiary alicyclic amines) is 1. The molecular weight excluding hydrogens is 232 g/mol. The van der Waals surface area contributed by atoms with Gasteiger partial charge in [0.2, 0.25) is 0 Å². The number of likely N-dealkylation sites (N-methyl/N-ethyl adjacent to an activating group) is 1. The van der Waals surface area contributed by atoms with Crippen LogP contribution in [0.3, 0.4) is 0 Å². The third-order valence-electron chi connectivity index (χ3n) is 2.99. The number of amides is 1. The van der Waals surface area contributed by atoms with Gasteiger partial charge in [-0.1, -0.05) is 0 Å². The third-order valence-corrected chi connectivity index (χ3v) is 2.99. The molecule has 1 aliphatic rings. The second-order valence-electron chi connectivity index (χ2n) is 6.15. The number of hydrogen-bond acceptors (Lipinski definition) is 4. The van der Waals surface area contributed by atoms with Crippen LogP contribution >= 0.6 is 0 Å². The van der Waals surface area contributed by atoms with E-state index in [4.69, 9.17) is 9.47 Å². The molecule has 0 radical (unpaired) electrons. The maximum atomic E-state index is 11.5. The zero-order valence-corrected chi connectivity index (χ0v) is 12.4. The van der Waals surface area contributed by atoms with Gasteiger partial charge in [-0.3, -0.25) is 4.90 Å². The van der Waals surface area contributed by atoms with Crippen molar-refractivity contribution in [2.45, 2.75) is 44.9 Å². The van der Waals surface area contributed by atoms with Crippen molar-refractivity contribution in [3.05, 3.63) is 0 Å².